The molecular weight excluding hydrogens is 292 g/mol. The molecular formula is C14H16N2O2S2. The third kappa shape index (κ3) is 3.37. The van der Waals surface area contributed by atoms with Crippen molar-refractivity contribution in [3.63, 3.8) is 0 Å². The third-order valence-corrected chi connectivity index (χ3v) is 4.78. The predicted molar refractivity (Wildman–Crippen MR) is 86.1 cm³/mol. The summed E-state index contributed by atoms with van der Waals surface area (Å²) in [7, 11) is 2.08. The van der Waals surface area contributed by atoms with E-state index in [1.165, 1.54) is 22.3 Å². The van der Waals surface area contributed by atoms with Gasteiger partial charge in [-0.15, -0.1) is 23.5 Å². The Kier molecular flexibility index (Phi) is 5.14. The minimum atomic E-state index is -0.366. The number of nitrogens with zero attached hydrogens (tertiary/aromatic N) is 1. The van der Waals surface area contributed by atoms with E-state index in [2.05, 4.69) is 29.4 Å². The van der Waals surface area contributed by atoms with Gasteiger partial charge in [-0.25, -0.2) is 0 Å². The monoisotopic (exact) mass is 308 g/mol. The van der Waals surface area contributed by atoms with E-state index in [0.29, 0.717) is 11.3 Å². The number of hydrogen-bond donors (Lipinski definition) is 1. The molecule has 0 saturated heterocycles. The maximum Gasteiger partial charge on any atom is 0.264 e. The molecule has 1 heterocycles. The Labute approximate surface area is 127 Å². The molecule has 1 aromatic rings. The largest absolute Gasteiger partial charge is 0.373 e. The lowest BCUT2D eigenvalue weighted by molar-refractivity contribution is -0.121. The molecule has 0 atom stereocenters. The number of imide groups is 1. The number of fused-ring (bicyclic) bond motifs is 1. The summed E-state index contributed by atoms with van der Waals surface area (Å²) in [5.74, 6) is 0.701. The second-order valence-corrected chi connectivity index (χ2v) is 6.29. The van der Waals surface area contributed by atoms with E-state index < -0.39 is 0 Å². The van der Waals surface area contributed by atoms with Crippen LogP contribution in [0.2, 0.25) is 0 Å². The van der Waals surface area contributed by atoms with Crippen LogP contribution in [0.5, 0.6) is 0 Å². The Hall–Kier alpha value is -1.40. The Bertz CT molecular complexity index is 558. The maximum atomic E-state index is 11.7. The van der Waals surface area contributed by atoms with Crippen molar-refractivity contribution in [3.8, 4) is 0 Å². The van der Waals surface area contributed by atoms with Crippen molar-refractivity contribution >= 4 is 47.6 Å². The van der Waals surface area contributed by atoms with Crippen molar-refractivity contribution in [3.05, 3.63) is 28.7 Å². The van der Waals surface area contributed by atoms with Gasteiger partial charge in [-0.3, -0.25) is 14.9 Å². The number of carbonyl (C=O) groups is 2. The Balaban J connectivity index is 2.29. The first kappa shape index (κ1) is 15.0. The molecule has 106 valence electrons. The Morgan fingerprint density at radius 1 is 1.50 bits per heavy atom. The Morgan fingerprint density at radius 3 is 3.00 bits per heavy atom. The van der Waals surface area contributed by atoms with Gasteiger partial charge in [0.25, 0.3) is 5.91 Å². The van der Waals surface area contributed by atoms with E-state index in [9.17, 15) is 9.59 Å². The van der Waals surface area contributed by atoms with Crippen LogP contribution in [0.3, 0.4) is 0 Å². The zero-order valence-corrected chi connectivity index (χ0v) is 13.0. The molecule has 0 aromatic heterocycles. The number of hydrogen-bond acceptors (Lipinski definition) is 5. The molecule has 0 bridgehead atoms. The first-order valence-electron chi connectivity index (χ1n) is 6.14. The van der Waals surface area contributed by atoms with E-state index in [-0.39, 0.29) is 5.91 Å². The lowest BCUT2D eigenvalue weighted by Crippen LogP contribution is -2.24. The van der Waals surface area contributed by atoms with Gasteiger partial charge in [0.2, 0.25) is 6.41 Å². The average molecular weight is 308 g/mol. The minimum Gasteiger partial charge on any atom is -0.373 e. The summed E-state index contributed by atoms with van der Waals surface area (Å²) in [6.07, 6.45) is 4.03. The zero-order valence-electron chi connectivity index (χ0n) is 11.4. The van der Waals surface area contributed by atoms with E-state index >= 15 is 0 Å². The summed E-state index contributed by atoms with van der Waals surface area (Å²) < 4.78 is 0. The van der Waals surface area contributed by atoms with Gasteiger partial charge in [-0.2, -0.15) is 0 Å². The lowest BCUT2D eigenvalue weighted by atomic mass is 10.1. The molecule has 1 N–H and O–H groups in total. The lowest BCUT2D eigenvalue weighted by Gasteiger charge is -2.27. The van der Waals surface area contributed by atoms with E-state index in [0.717, 1.165) is 17.9 Å². The standard InChI is InChI=1S/C14H16N2O2S2/c1-16-5-6-20-12-7-10(3-4-11(12)16)8-13(19-2)14(18)15-9-17/h3-4,7-9H,5-6H2,1-2H3,(H,15,17,18)/b13-8-. The summed E-state index contributed by atoms with van der Waals surface area (Å²) in [4.78, 5) is 26.0. The van der Waals surface area contributed by atoms with Gasteiger partial charge in [0.05, 0.1) is 10.6 Å². The fourth-order valence-corrected chi connectivity index (χ4v) is 3.63. The van der Waals surface area contributed by atoms with E-state index in [1.807, 2.05) is 24.1 Å². The second-order valence-electron chi connectivity index (χ2n) is 4.30. The van der Waals surface area contributed by atoms with E-state index in [1.54, 1.807) is 6.08 Å². The topological polar surface area (TPSA) is 49.4 Å². The molecule has 1 aliphatic rings. The van der Waals surface area contributed by atoms with Crippen LogP contribution in [0.1, 0.15) is 5.56 Å². The number of benzene rings is 1. The molecule has 0 saturated carbocycles. The van der Waals surface area contributed by atoms with Crippen LogP contribution >= 0.6 is 23.5 Å². The molecule has 0 fully saturated rings. The van der Waals surface area contributed by atoms with Crippen LogP contribution in [0, 0.1) is 0 Å². The fourth-order valence-electron chi connectivity index (χ4n) is 1.96. The van der Waals surface area contributed by atoms with Gasteiger partial charge in [0, 0.05) is 24.2 Å². The first-order chi connectivity index (χ1) is 9.65. The van der Waals surface area contributed by atoms with Crippen molar-refractivity contribution in [1.29, 1.82) is 0 Å². The fraction of sp³-hybridized carbons (Fsp3) is 0.286. The van der Waals surface area contributed by atoms with Crippen molar-refractivity contribution in [2.75, 3.05) is 30.5 Å². The molecule has 20 heavy (non-hydrogen) atoms. The maximum absolute atomic E-state index is 11.7. The number of thioether (sulfide) groups is 2. The Morgan fingerprint density at radius 2 is 2.30 bits per heavy atom. The molecule has 2 amide bonds. The summed E-state index contributed by atoms with van der Waals surface area (Å²) in [5, 5.41) is 2.16. The van der Waals surface area contributed by atoms with Gasteiger partial charge >= 0.3 is 0 Å². The zero-order chi connectivity index (χ0) is 14.5. The van der Waals surface area contributed by atoms with Crippen LogP contribution in [0.4, 0.5) is 5.69 Å². The van der Waals surface area contributed by atoms with Gasteiger partial charge in [-0.1, -0.05) is 6.07 Å². The van der Waals surface area contributed by atoms with Gasteiger partial charge in [0.1, 0.15) is 0 Å². The highest BCUT2D eigenvalue weighted by Crippen LogP contribution is 2.35. The van der Waals surface area contributed by atoms with E-state index in [4.69, 9.17) is 0 Å². The second kappa shape index (κ2) is 6.85. The van der Waals surface area contributed by atoms with Crippen LogP contribution in [0.15, 0.2) is 28.0 Å². The van der Waals surface area contributed by atoms with Crippen molar-refractivity contribution in [2.24, 2.45) is 0 Å². The van der Waals surface area contributed by atoms with Crippen LogP contribution in [-0.2, 0) is 9.59 Å². The molecule has 0 radical (unpaired) electrons. The highest BCUT2D eigenvalue weighted by molar-refractivity contribution is 8.03. The molecule has 2 rings (SSSR count). The number of anilines is 1. The SMILES string of the molecule is CS/C(=C\c1ccc2c(c1)SCCN2C)C(=O)NC=O. The number of carbonyl (C=O) groups excluding carboxylic acids is 2. The van der Waals surface area contributed by atoms with Crippen LogP contribution in [-0.4, -0.2) is 37.9 Å². The number of amides is 2. The van der Waals surface area contributed by atoms with Crippen molar-refractivity contribution in [1.82, 2.24) is 5.32 Å². The summed E-state index contributed by atoms with van der Waals surface area (Å²) in [6.45, 7) is 1.05. The van der Waals surface area contributed by atoms with Gasteiger partial charge in [0.15, 0.2) is 0 Å². The normalized spacial score (nSPS) is 14.7. The molecule has 4 nitrogen and oxygen atoms in total. The molecule has 0 aliphatic carbocycles. The summed E-state index contributed by atoms with van der Waals surface area (Å²) in [6, 6.07) is 6.15. The van der Waals surface area contributed by atoms with Crippen LogP contribution in [0.25, 0.3) is 6.08 Å². The predicted octanol–water partition coefficient (Wildman–Crippen LogP) is 2.21. The molecule has 6 heteroatoms. The highest BCUT2D eigenvalue weighted by Gasteiger charge is 2.14. The average Bonchev–Trinajstić information content (AvgIpc) is 2.45. The first-order valence-corrected chi connectivity index (χ1v) is 8.35. The number of rotatable bonds is 4. The molecule has 1 aliphatic heterocycles. The number of nitrogens with one attached hydrogen (secondary N) is 1. The molecule has 1 aromatic carbocycles. The third-order valence-electron chi connectivity index (χ3n) is 3.01. The molecule has 0 unspecified atom stereocenters. The van der Waals surface area contributed by atoms with Crippen molar-refractivity contribution < 1.29 is 9.59 Å². The van der Waals surface area contributed by atoms with Crippen molar-refractivity contribution in [2.45, 2.75) is 4.90 Å². The van der Waals surface area contributed by atoms with Crippen LogP contribution < -0.4 is 10.2 Å². The molecule has 0 spiro atoms. The van der Waals surface area contributed by atoms with Gasteiger partial charge in [-0.05, 0) is 30.0 Å². The summed E-state index contributed by atoms with van der Waals surface area (Å²) >= 11 is 3.15. The minimum absolute atomic E-state index is 0.366. The van der Waals surface area contributed by atoms with Gasteiger partial charge < -0.3 is 4.90 Å². The highest BCUT2D eigenvalue weighted by atomic mass is 32.2. The quantitative estimate of drug-likeness (QED) is 0.682. The smallest absolute Gasteiger partial charge is 0.264 e. The summed E-state index contributed by atoms with van der Waals surface area (Å²) in [5.41, 5.74) is 2.19.